The highest BCUT2D eigenvalue weighted by molar-refractivity contribution is 5.80. The van der Waals surface area contributed by atoms with Crippen LogP contribution in [0.4, 0.5) is 0 Å². The minimum atomic E-state index is 0.131. The fraction of sp³-hybridized carbons (Fsp3) is 0.636. The van der Waals surface area contributed by atoms with Crippen LogP contribution >= 0.6 is 0 Å². The predicted octanol–water partition coefficient (Wildman–Crippen LogP) is 2.69. The van der Waals surface area contributed by atoms with Crippen molar-refractivity contribution in [1.82, 2.24) is 16.0 Å². The van der Waals surface area contributed by atoms with E-state index in [1.165, 1.54) is 11.1 Å². The molecule has 2 atom stereocenters. The van der Waals surface area contributed by atoms with Gasteiger partial charge in [-0.3, -0.25) is 9.79 Å². The molecule has 2 unspecified atom stereocenters. The zero-order chi connectivity index (χ0) is 19.8. The maximum Gasteiger partial charge on any atom is 0.220 e. The van der Waals surface area contributed by atoms with E-state index >= 15 is 0 Å². The molecule has 1 aliphatic heterocycles. The van der Waals surface area contributed by atoms with E-state index in [0.717, 1.165) is 57.8 Å². The SMILES string of the molecule is CN=C(NCCCC(=O)NC1CC1)NCC1CCCOC1c1ccc(C)cc1. The molecular formula is C22H34N4O2. The number of guanidine groups is 1. The molecule has 0 radical (unpaired) electrons. The van der Waals surface area contributed by atoms with Gasteiger partial charge in [-0.15, -0.1) is 0 Å². The van der Waals surface area contributed by atoms with Gasteiger partial charge in [-0.1, -0.05) is 29.8 Å². The molecule has 0 bridgehead atoms. The van der Waals surface area contributed by atoms with E-state index < -0.39 is 0 Å². The highest BCUT2D eigenvalue weighted by atomic mass is 16.5. The molecule has 154 valence electrons. The lowest BCUT2D eigenvalue weighted by atomic mass is 9.89. The van der Waals surface area contributed by atoms with Crippen molar-refractivity contribution in [2.75, 3.05) is 26.7 Å². The molecule has 1 amide bonds. The van der Waals surface area contributed by atoms with Crippen molar-refractivity contribution in [2.24, 2.45) is 10.9 Å². The summed E-state index contributed by atoms with van der Waals surface area (Å²) in [5.41, 5.74) is 2.52. The number of hydrogen-bond donors (Lipinski definition) is 3. The van der Waals surface area contributed by atoms with Crippen molar-refractivity contribution in [2.45, 2.75) is 57.6 Å². The number of nitrogens with zero attached hydrogens (tertiary/aromatic N) is 1. The summed E-state index contributed by atoms with van der Waals surface area (Å²) in [5, 5.41) is 9.77. The largest absolute Gasteiger partial charge is 0.373 e. The second kappa shape index (κ2) is 10.5. The number of aryl methyl sites for hydroxylation is 1. The smallest absolute Gasteiger partial charge is 0.220 e. The average Bonchev–Trinajstić information content (AvgIpc) is 3.52. The number of nitrogens with one attached hydrogen (secondary N) is 3. The lowest BCUT2D eigenvalue weighted by Gasteiger charge is -2.32. The molecule has 2 fully saturated rings. The molecule has 1 saturated heterocycles. The molecule has 3 N–H and O–H groups in total. The van der Waals surface area contributed by atoms with Gasteiger partial charge in [0.05, 0.1) is 6.10 Å². The van der Waals surface area contributed by atoms with E-state index in [1.54, 1.807) is 7.05 Å². The third-order valence-electron chi connectivity index (χ3n) is 5.42. The maximum absolute atomic E-state index is 11.7. The van der Waals surface area contributed by atoms with Crippen LogP contribution in [0, 0.1) is 12.8 Å². The number of benzene rings is 1. The minimum absolute atomic E-state index is 0.131. The number of ether oxygens (including phenoxy) is 1. The molecule has 6 nitrogen and oxygen atoms in total. The Morgan fingerprint density at radius 1 is 1.18 bits per heavy atom. The Morgan fingerprint density at radius 2 is 1.96 bits per heavy atom. The molecule has 3 rings (SSSR count). The molecular weight excluding hydrogens is 352 g/mol. The van der Waals surface area contributed by atoms with Crippen LogP contribution < -0.4 is 16.0 Å². The zero-order valence-electron chi connectivity index (χ0n) is 17.2. The van der Waals surface area contributed by atoms with Crippen LogP contribution in [0.25, 0.3) is 0 Å². The van der Waals surface area contributed by atoms with Crippen molar-refractivity contribution < 1.29 is 9.53 Å². The number of hydrogen-bond acceptors (Lipinski definition) is 3. The maximum atomic E-state index is 11.7. The zero-order valence-corrected chi connectivity index (χ0v) is 17.2. The molecule has 6 heteroatoms. The lowest BCUT2D eigenvalue weighted by Crippen LogP contribution is -2.42. The summed E-state index contributed by atoms with van der Waals surface area (Å²) in [6.07, 6.45) is 6.00. The summed E-state index contributed by atoms with van der Waals surface area (Å²) in [6, 6.07) is 9.10. The quantitative estimate of drug-likeness (QED) is 0.365. The summed E-state index contributed by atoms with van der Waals surface area (Å²) in [6.45, 7) is 4.49. The van der Waals surface area contributed by atoms with Gasteiger partial charge >= 0.3 is 0 Å². The Balaban J connectivity index is 1.41. The predicted molar refractivity (Wildman–Crippen MR) is 112 cm³/mol. The molecule has 1 aromatic carbocycles. The second-order valence-corrected chi connectivity index (χ2v) is 7.93. The first kappa shape index (κ1) is 20.6. The second-order valence-electron chi connectivity index (χ2n) is 7.93. The normalized spacial score (nSPS) is 22.6. The summed E-state index contributed by atoms with van der Waals surface area (Å²) < 4.78 is 6.10. The molecule has 0 spiro atoms. The summed E-state index contributed by atoms with van der Waals surface area (Å²) in [7, 11) is 1.78. The van der Waals surface area contributed by atoms with Crippen LogP contribution in [0.15, 0.2) is 29.3 Å². The average molecular weight is 387 g/mol. The Hall–Kier alpha value is -2.08. The summed E-state index contributed by atoms with van der Waals surface area (Å²) in [5.74, 6) is 1.36. The first-order valence-corrected chi connectivity index (χ1v) is 10.6. The van der Waals surface area contributed by atoms with E-state index in [4.69, 9.17) is 4.74 Å². The number of amides is 1. The van der Waals surface area contributed by atoms with Gasteiger partial charge in [0.25, 0.3) is 0 Å². The molecule has 0 aromatic heterocycles. The van der Waals surface area contributed by atoms with Crippen LogP contribution in [0.5, 0.6) is 0 Å². The van der Waals surface area contributed by atoms with Crippen LogP contribution in [0.2, 0.25) is 0 Å². The van der Waals surface area contributed by atoms with E-state index in [-0.39, 0.29) is 12.0 Å². The van der Waals surface area contributed by atoms with Gasteiger partial charge in [0.15, 0.2) is 5.96 Å². The number of rotatable bonds is 8. The van der Waals surface area contributed by atoms with Gasteiger partial charge < -0.3 is 20.7 Å². The van der Waals surface area contributed by atoms with E-state index in [2.05, 4.69) is 52.1 Å². The minimum Gasteiger partial charge on any atom is -0.373 e. The highest BCUT2D eigenvalue weighted by Gasteiger charge is 2.27. The monoisotopic (exact) mass is 386 g/mol. The molecule has 1 aliphatic carbocycles. The third kappa shape index (κ3) is 6.51. The van der Waals surface area contributed by atoms with Crippen molar-refractivity contribution in [3.8, 4) is 0 Å². The van der Waals surface area contributed by atoms with Gasteiger partial charge in [-0.25, -0.2) is 0 Å². The van der Waals surface area contributed by atoms with E-state index in [1.807, 2.05) is 0 Å². The van der Waals surface area contributed by atoms with Gasteiger partial charge in [0, 0.05) is 45.1 Å². The van der Waals surface area contributed by atoms with Crippen molar-refractivity contribution in [3.63, 3.8) is 0 Å². The first-order chi connectivity index (χ1) is 13.7. The number of carbonyl (C=O) groups is 1. The highest BCUT2D eigenvalue weighted by Crippen LogP contribution is 2.33. The van der Waals surface area contributed by atoms with Crippen molar-refractivity contribution >= 4 is 11.9 Å². The standard InChI is InChI=1S/C22H34N4O2/c1-16-7-9-17(10-8-16)21-18(5-4-14-28-21)15-25-22(23-2)24-13-3-6-20(27)26-19-11-12-19/h7-10,18-19,21H,3-6,11-15H2,1-2H3,(H,26,27)(H2,23,24,25). The Morgan fingerprint density at radius 3 is 2.68 bits per heavy atom. The van der Waals surface area contributed by atoms with Gasteiger partial charge in [-0.2, -0.15) is 0 Å². The van der Waals surface area contributed by atoms with Crippen LogP contribution in [-0.2, 0) is 9.53 Å². The fourth-order valence-corrected chi connectivity index (χ4v) is 3.61. The van der Waals surface area contributed by atoms with E-state index in [9.17, 15) is 4.79 Å². The third-order valence-corrected chi connectivity index (χ3v) is 5.42. The van der Waals surface area contributed by atoms with Gasteiger partial charge in [0.2, 0.25) is 5.91 Å². The Bertz CT molecular complexity index is 655. The van der Waals surface area contributed by atoms with E-state index in [0.29, 0.717) is 18.4 Å². The molecule has 28 heavy (non-hydrogen) atoms. The molecule has 1 heterocycles. The van der Waals surface area contributed by atoms with Gasteiger partial charge in [0.1, 0.15) is 0 Å². The Labute approximate surface area is 168 Å². The summed E-state index contributed by atoms with van der Waals surface area (Å²) >= 11 is 0. The molecule has 1 saturated carbocycles. The number of carbonyl (C=O) groups excluding carboxylic acids is 1. The van der Waals surface area contributed by atoms with Crippen LogP contribution in [0.1, 0.15) is 55.8 Å². The topological polar surface area (TPSA) is 74.8 Å². The van der Waals surface area contributed by atoms with Crippen LogP contribution in [-0.4, -0.2) is 44.7 Å². The molecule has 1 aromatic rings. The van der Waals surface area contributed by atoms with Crippen LogP contribution in [0.3, 0.4) is 0 Å². The first-order valence-electron chi connectivity index (χ1n) is 10.6. The van der Waals surface area contributed by atoms with Crippen molar-refractivity contribution in [1.29, 1.82) is 0 Å². The summed E-state index contributed by atoms with van der Waals surface area (Å²) in [4.78, 5) is 16.0. The lowest BCUT2D eigenvalue weighted by molar-refractivity contribution is -0.121. The number of aliphatic imine (C=N–C) groups is 1. The van der Waals surface area contributed by atoms with Gasteiger partial charge in [-0.05, 0) is 44.6 Å². The van der Waals surface area contributed by atoms with Crippen molar-refractivity contribution in [3.05, 3.63) is 35.4 Å². The molecule has 2 aliphatic rings. The fourth-order valence-electron chi connectivity index (χ4n) is 3.61. The Kier molecular flexibility index (Phi) is 7.71.